The van der Waals surface area contributed by atoms with Crippen LogP contribution in [0.3, 0.4) is 0 Å². The number of carbonyl (C=O) groups excluding carboxylic acids is 4. The molecule has 0 atom stereocenters. The first-order valence-corrected chi connectivity index (χ1v) is 11.1. The Balaban J connectivity index is 2.15. The molecule has 0 bridgehead atoms. The SMILES string of the molecule is C#CC(=O)Nc1cc(OC)c(OCCCN(C(=O)C#C)C(=O)Cc2cccc(C(F)(F)F)c2)cc1C(=O)OC. The molecule has 0 fully saturated rings. The van der Waals surface area contributed by atoms with Crippen LogP contribution in [-0.2, 0) is 31.7 Å². The Morgan fingerprint density at radius 3 is 2.33 bits per heavy atom. The minimum Gasteiger partial charge on any atom is -0.493 e. The van der Waals surface area contributed by atoms with Crippen LogP contribution in [0.4, 0.5) is 18.9 Å². The molecule has 39 heavy (non-hydrogen) atoms. The highest BCUT2D eigenvalue weighted by Crippen LogP contribution is 2.34. The number of hydrogen-bond donors (Lipinski definition) is 1. The summed E-state index contributed by atoms with van der Waals surface area (Å²) in [5.41, 5.74) is -0.948. The van der Waals surface area contributed by atoms with E-state index in [4.69, 9.17) is 27.1 Å². The van der Waals surface area contributed by atoms with Crippen molar-refractivity contribution in [1.29, 1.82) is 0 Å². The lowest BCUT2D eigenvalue weighted by Gasteiger charge is -2.19. The fourth-order valence-electron chi connectivity index (χ4n) is 3.32. The standard InChI is InChI=1S/C27H23F3N2O7/c1-5-23(33)31-20-16-21(37-3)22(15-19(20)26(36)38-4)39-12-8-11-32(24(34)6-2)25(35)14-17-9-7-10-18(13-17)27(28,29)30/h1-2,7,9-10,13,15-16H,8,11-12,14H2,3-4H3,(H,31,33). The van der Waals surface area contributed by atoms with Crippen LogP contribution in [-0.4, -0.2) is 56.0 Å². The zero-order valence-electron chi connectivity index (χ0n) is 20.9. The van der Waals surface area contributed by atoms with Crippen molar-refractivity contribution in [2.24, 2.45) is 0 Å². The monoisotopic (exact) mass is 544 g/mol. The molecule has 0 spiro atoms. The summed E-state index contributed by atoms with van der Waals surface area (Å²) in [6.07, 6.45) is 5.20. The number of nitrogens with one attached hydrogen (secondary N) is 1. The van der Waals surface area contributed by atoms with Crippen LogP contribution in [0.2, 0.25) is 0 Å². The number of methoxy groups -OCH3 is 2. The van der Waals surface area contributed by atoms with Crippen molar-refractivity contribution in [1.82, 2.24) is 4.90 Å². The van der Waals surface area contributed by atoms with Gasteiger partial charge in [0.05, 0.1) is 44.1 Å². The number of amides is 3. The number of carbonyl (C=O) groups is 4. The average Bonchev–Trinajstić information content (AvgIpc) is 2.91. The molecule has 0 aliphatic rings. The van der Waals surface area contributed by atoms with Gasteiger partial charge in [-0.2, -0.15) is 13.2 Å². The molecule has 0 saturated carbocycles. The van der Waals surface area contributed by atoms with E-state index in [1.54, 1.807) is 0 Å². The zero-order chi connectivity index (χ0) is 29.2. The molecule has 0 unspecified atom stereocenters. The van der Waals surface area contributed by atoms with E-state index in [9.17, 15) is 32.3 Å². The Hall–Kier alpha value is -4.97. The van der Waals surface area contributed by atoms with Crippen molar-refractivity contribution in [3.63, 3.8) is 0 Å². The number of ether oxygens (including phenoxy) is 3. The lowest BCUT2D eigenvalue weighted by atomic mass is 10.1. The van der Waals surface area contributed by atoms with Crippen LogP contribution in [0.5, 0.6) is 11.5 Å². The lowest BCUT2D eigenvalue weighted by molar-refractivity contribution is -0.141. The summed E-state index contributed by atoms with van der Waals surface area (Å²) in [7, 11) is 2.44. The maximum absolute atomic E-state index is 13.0. The molecule has 2 rings (SSSR count). The number of rotatable bonds is 10. The predicted molar refractivity (Wildman–Crippen MR) is 133 cm³/mol. The number of nitrogens with zero attached hydrogens (tertiary/aromatic N) is 1. The quantitative estimate of drug-likeness (QED) is 0.278. The van der Waals surface area contributed by atoms with E-state index in [0.717, 1.165) is 30.2 Å². The highest BCUT2D eigenvalue weighted by atomic mass is 19.4. The number of anilines is 1. The van der Waals surface area contributed by atoms with E-state index in [0.29, 0.717) is 0 Å². The summed E-state index contributed by atoms with van der Waals surface area (Å²) in [5, 5.41) is 2.35. The van der Waals surface area contributed by atoms with E-state index in [1.165, 1.54) is 25.3 Å². The second-order valence-corrected chi connectivity index (χ2v) is 7.71. The first-order chi connectivity index (χ1) is 18.4. The Morgan fingerprint density at radius 2 is 1.74 bits per heavy atom. The van der Waals surface area contributed by atoms with Gasteiger partial charge in [0.15, 0.2) is 11.5 Å². The number of esters is 1. The maximum Gasteiger partial charge on any atom is 0.416 e. The predicted octanol–water partition coefficient (Wildman–Crippen LogP) is 3.07. The molecule has 0 aromatic heterocycles. The highest BCUT2D eigenvalue weighted by Gasteiger charge is 2.31. The second-order valence-electron chi connectivity index (χ2n) is 7.71. The van der Waals surface area contributed by atoms with Crippen LogP contribution in [0.25, 0.3) is 0 Å². The van der Waals surface area contributed by atoms with Gasteiger partial charge in [-0.25, -0.2) is 4.79 Å². The number of halogens is 3. The summed E-state index contributed by atoms with van der Waals surface area (Å²) < 4.78 is 54.5. The van der Waals surface area contributed by atoms with Gasteiger partial charge < -0.3 is 19.5 Å². The van der Waals surface area contributed by atoms with E-state index >= 15 is 0 Å². The molecule has 2 aromatic carbocycles. The third kappa shape index (κ3) is 8.27. The van der Waals surface area contributed by atoms with Crippen LogP contribution in [0, 0.1) is 24.7 Å². The van der Waals surface area contributed by atoms with Crippen molar-refractivity contribution < 1.29 is 46.6 Å². The molecule has 12 heteroatoms. The second kappa shape index (κ2) is 13.5. The third-order valence-corrected chi connectivity index (χ3v) is 5.15. The number of terminal acetylenes is 2. The molecule has 2 aromatic rings. The van der Waals surface area contributed by atoms with Gasteiger partial charge in [0.2, 0.25) is 5.91 Å². The van der Waals surface area contributed by atoms with Crippen molar-refractivity contribution in [2.75, 3.05) is 32.7 Å². The molecule has 0 aliphatic carbocycles. The molecule has 3 amide bonds. The minimum atomic E-state index is -4.59. The number of hydrogen-bond acceptors (Lipinski definition) is 7. The van der Waals surface area contributed by atoms with E-state index in [1.807, 2.05) is 11.8 Å². The molecule has 9 nitrogen and oxygen atoms in total. The van der Waals surface area contributed by atoms with Gasteiger partial charge in [-0.05, 0) is 29.9 Å². The summed E-state index contributed by atoms with van der Waals surface area (Å²) in [4.78, 5) is 49.4. The fraction of sp³-hybridized carbons (Fsp3) is 0.259. The van der Waals surface area contributed by atoms with Crippen molar-refractivity contribution >= 4 is 29.4 Å². The first kappa shape index (κ1) is 30.3. The molecule has 204 valence electrons. The summed E-state index contributed by atoms with van der Waals surface area (Å²) in [6, 6.07) is 6.72. The largest absolute Gasteiger partial charge is 0.493 e. The molecule has 0 heterocycles. The lowest BCUT2D eigenvalue weighted by Crippen LogP contribution is -2.38. The van der Waals surface area contributed by atoms with Crippen molar-refractivity contribution in [3.8, 4) is 36.2 Å². The molecular weight excluding hydrogens is 521 g/mol. The summed E-state index contributed by atoms with van der Waals surface area (Å²) in [6.45, 7) is -0.304. The van der Waals surface area contributed by atoms with E-state index in [2.05, 4.69) is 5.32 Å². The van der Waals surface area contributed by atoms with Crippen LogP contribution in [0.15, 0.2) is 36.4 Å². The first-order valence-electron chi connectivity index (χ1n) is 11.1. The number of alkyl halides is 3. The normalized spacial score (nSPS) is 10.4. The van der Waals surface area contributed by atoms with Crippen molar-refractivity contribution in [2.45, 2.75) is 19.0 Å². The molecule has 0 aliphatic heterocycles. The number of imide groups is 1. The van der Waals surface area contributed by atoms with Crippen LogP contribution in [0.1, 0.15) is 27.9 Å². The van der Waals surface area contributed by atoms with Gasteiger partial charge in [-0.1, -0.05) is 18.2 Å². The van der Waals surface area contributed by atoms with Gasteiger partial charge >= 0.3 is 18.1 Å². The molecule has 0 saturated heterocycles. The van der Waals surface area contributed by atoms with Gasteiger partial charge in [0.25, 0.3) is 5.91 Å². The Morgan fingerprint density at radius 1 is 1.03 bits per heavy atom. The van der Waals surface area contributed by atoms with Gasteiger partial charge in [0.1, 0.15) is 0 Å². The smallest absolute Gasteiger partial charge is 0.416 e. The van der Waals surface area contributed by atoms with E-state index < -0.39 is 41.9 Å². The van der Waals surface area contributed by atoms with Crippen LogP contribution >= 0.6 is 0 Å². The van der Waals surface area contributed by atoms with Crippen molar-refractivity contribution in [3.05, 3.63) is 53.1 Å². The average molecular weight is 544 g/mol. The Bertz CT molecular complexity index is 1340. The van der Waals surface area contributed by atoms with E-state index in [-0.39, 0.29) is 47.9 Å². The van der Waals surface area contributed by atoms with Crippen LogP contribution < -0.4 is 14.8 Å². The Labute approximate surface area is 222 Å². The zero-order valence-corrected chi connectivity index (χ0v) is 20.9. The van der Waals surface area contributed by atoms with Gasteiger partial charge in [0, 0.05) is 18.7 Å². The molecular formula is C27H23F3N2O7. The highest BCUT2D eigenvalue weighted by molar-refractivity contribution is 6.08. The maximum atomic E-state index is 13.0. The number of benzene rings is 2. The molecule has 1 N–H and O–H groups in total. The minimum absolute atomic E-state index is 0.0139. The Kier molecular flexibility index (Phi) is 10.5. The summed E-state index contributed by atoms with van der Waals surface area (Å²) in [5.74, 6) is 0.481. The third-order valence-electron chi connectivity index (χ3n) is 5.15. The molecule has 0 radical (unpaired) electrons. The fourth-order valence-corrected chi connectivity index (χ4v) is 3.32. The van der Waals surface area contributed by atoms with Gasteiger partial charge in [-0.15, -0.1) is 12.8 Å². The topological polar surface area (TPSA) is 111 Å². The van der Waals surface area contributed by atoms with Gasteiger partial charge in [-0.3, -0.25) is 19.3 Å². The summed E-state index contributed by atoms with van der Waals surface area (Å²) >= 11 is 0.